The van der Waals surface area contributed by atoms with Crippen LogP contribution >= 0.6 is 0 Å². The summed E-state index contributed by atoms with van der Waals surface area (Å²) in [6, 6.07) is 0.152. The zero-order chi connectivity index (χ0) is 13.8. The van der Waals surface area contributed by atoms with Crippen LogP contribution in [0.4, 0.5) is 13.2 Å². The van der Waals surface area contributed by atoms with Gasteiger partial charge < -0.3 is 5.32 Å². The van der Waals surface area contributed by atoms with Crippen molar-refractivity contribution in [3.63, 3.8) is 0 Å². The van der Waals surface area contributed by atoms with Crippen molar-refractivity contribution in [2.24, 2.45) is 5.41 Å². The van der Waals surface area contributed by atoms with Gasteiger partial charge in [-0.15, -0.1) is 0 Å². The number of alkyl halides is 3. The Kier molecular flexibility index (Phi) is 5.46. The Morgan fingerprint density at radius 2 is 1.83 bits per heavy atom. The van der Waals surface area contributed by atoms with E-state index in [4.69, 9.17) is 0 Å². The molecule has 1 fully saturated rings. The van der Waals surface area contributed by atoms with E-state index < -0.39 is 12.7 Å². The van der Waals surface area contributed by atoms with Crippen LogP contribution in [0.25, 0.3) is 0 Å². The summed E-state index contributed by atoms with van der Waals surface area (Å²) in [5.74, 6) is 0. The van der Waals surface area contributed by atoms with Gasteiger partial charge in [-0.1, -0.05) is 20.3 Å². The summed E-state index contributed by atoms with van der Waals surface area (Å²) in [5.41, 5.74) is -0.0721. The molecular weight excluding hydrogens is 241 g/mol. The number of nitrogens with zero attached hydrogens (tertiary/aromatic N) is 1. The zero-order valence-corrected chi connectivity index (χ0v) is 11.6. The van der Waals surface area contributed by atoms with Gasteiger partial charge in [-0.2, -0.15) is 13.2 Å². The van der Waals surface area contributed by atoms with Gasteiger partial charge in [-0.25, -0.2) is 0 Å². The van der Waals surface area contributed by atoms with E-state index in [2.05, 4.69) is 19.2 Å². The lowest BCUT2D eigenvalue weighted by Gasteiger charge is -2.36. The van der Waals surface area contributed by atoms with E-state index in [1.807, 2.05) is 7.05 Å². The first-order chi connectivity index (χ1) is 8.29. The van der Waals surface area contributed by atoms with Gasteiger partial charge in [0.05, 0.1) is 6.54 Å². The predicted octanol–water partition coefficient (Wildman–Crippen LogP) is 3.04. The van der Waals surface area contributed by atoms with Gasteiger partial charge in [0.2, 0.25) is 0 Å². The Balaban J connectivity index is 2.62. The van der Waals surface area contributed by atoms with Crippen molar-refractivity contribution in [1.29, 1.82) is 0 Å². The summed E-state index contributed by atoms with van der Waals surface area (Å²) in [4.78, 5) is 1.63. The third-order valence-corrected chi connectivity index (χ3v) is 3.49. The molecule has 0 saturated heterocycles. The average Bonchev–Trinajstić information content (AvgIpc) is 2.97. The van der Waals surface area contributed by atoms with Crippen molar-refractivity contribution < 1.29 is 13.2 Å². The van der Waals surface area contributed by atoms with Gasteiger partial charge in [-0.3, -0.25) is 4.90 Å². The van der Waals surface area contributed by atoms with Gasteiger partial charge >= 0.3 is 6.18 Å². The first-order valence-electron chi connectivity index (χ1n) is 6.75. The van der Waals surface area contributed by atoms with E-state index in [-0.39, 0.29) is 11.5 Å². The van der Waals surface area contributed by atoms with Crippen molar-refractivity contribution in [3.05, 3.63) is 0 Å². The number of rotatable bonds is 8. The lowest BCUT2D eigenvalue weighted by Crippen LogP contribution is -2.45. The normalized spacial score (nSPS) is 20.2. The number of hydrogen-bond donors (Lipinski definition) is 1. The van der Waals surface area contributed by atoms with Crippen molar-refractivity contribution in [2.75, 3.05) is 26.7 Å². The molecule has 1 rings (SSSR count). The molecule has 0 aromatic rings. The topological polar surface area (TPSA) is 15.3 Å². The minimum absolute atomic E-state index is 0.0721. The molecule has 1 aliphatic rings. The quantitative estimate of drug-likeness (QED) is 0.726. The second-order valence-corrected chi connectivity index (χ2v) is 5.84. The van der Waals surface area contributed by atoms with E-state index in [1.165, 1.54) is 0 Å². The zero-order valence-electron chi connectivity index (χ0n) is 11.6. The lowest BCUT2D eigenvalue weighted by atomic mass is 9.84. The van der Waals surface area contributed by atoms with Gasteiger partial charge in [0.25, 0.3) is 0 Å². The van der Waals surface area contributed by atoms with Crippen LogP contribution in [0.1, 0.15) is 39.5 Å². The molecule has 1 aliphatic carbocycles. The Labute approximate surface area is 108 Å². The molecule has 108 valence electrons. The van der Waals surface area contributed by atoms with Crippen LogP contribution < -0.4 is 5.32 Å². The van der Waals surface area contributed by atoms with Crippen LogP contribution in [0.5, 0.6) is 0 Å². The first-order valence-corrected chi connectivity index (χ1v) is 6.75. The summed E-state index contributed by atoms with van der Waals surface area (Å²) in [6.07, 6.45) is -0.303. The minimum atomic E-state index is -4.09. The third kappa shape index (κ3) is 5.57. The van der Waals surface area contributed by atoms with Crippen LogP contribution in [0.2, 0.25) is 0 Å². The number of hydrogen-bond acceptors (Lipinski definition) is 2. The molecule has 2 nitrogen and oxygen atoms in total. The molecule has 0 bridgehead atoms. The van der Waals surface area contributed by atoms with E-state index in [9.17, 15) is 13.2 Å². The average molecular weight is 266 g/mol. The summed E-state index contributed by atoms with van der Waals surface area (Å²) in [7, 11) is 1.86. The molecule has 18 heavy (non-hydrogen) atoms. The second kappa shape index (κ2) is 6.24. The highest BCUT2D eigenvalue weighted by atomic mass is 19.4. The van der Waals surface area contributed by atoms with Gasteiger partial charge in [0.1, 0.15) is 0 Å². The fourth-order valence-electron chi connectivity index (χ4n) is 2.73. The lowest BCUT2D eigenvalue weighted by molar-refractivity contribution is -0.150. The smallest absolute Gasteiger partial charge is 0.319 e. The predicted molar refractivity (Wildman–Crippen MR) is 67.6 cm³/mol. The van der Waals surface area contributed by atoms with E-state index in [0.717, 1.165) is 32.2 Å². The SMILES string of the molecule is CCCC(C)(CNC)CN(CC(F)(F)F)C1CC1. The molecule has 0 aliphatic heterocycles. The second-order valence-electron chi connectivity index (χ2n) is 5.84. The summed E-state index contributed by atoms with van der Waals surface area (Å²) >= 11 is 0. The minimum Gasteiger partial charge on any atom is -0.319 e. The summed E-state index contributed by atoms with van der Waals surface area (Å²) in [6.45, 7) is 4.70. The molecule has 1 atom stereocenters. The maximum atomic E-state index is 12.6. The fraction of sp³-hybridized carbons (Fsp3) is 1.00. The van der Waals surface area contributed by atoms with Gasteiger partial charge in [0, 0.05) is 19.1 Å². The van der Waals surface area contributed by atoms with Crippen molar-refractivity contribution in [3.8, 4) is 0 Å². The monoisotopic (exact) mass is 266 g/mol. The van der Waals surface area contributed by atoms with Crippen molar-refractivity contribution >= 4 is 0 Å². The van der Waals surface area contributed by atoms with Crippen LogP contribution in [0.3, 0.4) is 0 Å². The van der Waals surface area contributed by atoms with Gasteiger partial charge in [0.15, 0.2) is 0 Å². The Morgan fingerprint density at radius 3 is 2.22 bits per heavy atom. The van der Waals surface area contributed by atoms with Gasteiger partial charge in [-0.05, 0) is 31.7 Å². The van der Waals surface area contributed by atoms with Crippen LogP contribution in [-0.2, 0) is 0 Å². The Morgan fingerprint density at radius 1 is 1.22 bits per heavy atom. The van der Waals surface area contributed by atoms with Crippen molar-refractivity contribution in [2.45, 2.75) is 51.7 Å². The largest absolute Gasteiger partial charge is 0.401 e. The molecule has 0 radical (unpaired) electrons. The third-order valence-electron chi connectivity index (χ3n) is 3.49. The highest BCUT2D eigenvalue weighted by molar-refractivity contribution is 4.90. The standard InChI is InChI=1S/C13H25F3N2/c1-4-7-12(2,8-17-3)9-18(11-5-6-11)10-13(14,15)16/h11,17H,4-10H2,1-3H3. The molecule has 0 amide bonds. The van der Waals surface area contributed by atoms with Crippen molar-refractivity contribution in [1.82, 2.24) is 10.2 Å². The molecule has 0 spiro atoms. The summed E-state index contributed by atoms with van der Waals surface area (Å²) < 4.78 is 37.8. The first kappa shape index (κ1) is 15.8. The molecular formula is C13H25F3N2. The van der Waals surface area contributed by atoms with E-state index in [0.29, 0.717) is 6.54 Å². The van der Waals surface area contributed by atoms with Crippen LogP contribution in [0.15, 0.2) is 0 Å². The fourth-order valence-corrected chi connectivity index (χ4v) is 2.73. The molecule has 5 heteroatoms. The molecule has 1 unspecified atom stereocenters. The Hall–Kier alpha value is -0.290. The summed E-state index contributed by atoms with van der Waals surface area (Å²) in [5, 5.41) is 3.11. The maximum absolute atomic E-state index is 12.6. The highest BCUT2D eigenvalue weighted by Crippen LogP contribution is 2.34. The highest BCUT2D eigenvalue weighted by Gasteiger charge is 2.40. The van der Waals surface area contributed by atoms with Crippen LogP contribution in [-0.4, -0.2) is 43.8 Å². The van der Waals surface area contributed by atoms with E-state index >= 15 is 0 Å². The number of halogens is 3. The molecule has 0 aromatic carbocycles. The molecule has 0 aromatic heterocycles. The Bertz CT molecular complexity index is 243. The molecule has 1 N–H and O–H groups in total. The molecule has 1 saturated carbocycles. The molecule has 0 heterocycles. The van der Waals surface area contributed by atoms with E-state index in [1.54, 1.807) is 4.90 Å². The number of nitrogens with one attached hydrogen (secondary N) is 1. The maximum Gasteiger partial charge on any atom is 0.401 e. The van der Waals surface area contributed by atoms with Crippen LogP contribution in [0, 0.1) is 5.41 Å².